The normalized spacial score (nSPS) is 9.30. The Labute approximate surface area is 59.7 Å². The van der Waals surface area contributed by atoms with Crippen molar-refractivity contribution in [3.8, 4) is 0 Å². The van der Waals surface area contributed by atoms with Crippen molar-refractivity contribution in [2.45, 2.75) is 6.92 Å². The number of hydrogen-bond acceptors (Lipinski definition) is 2. The average molecular weight is 135 g/mol. The Hall–Kier alpha value is -1.38. The molecule has 0 fully saturated rings. The van der Waals surface area contributed by atoms with Crippen LogP contribution in [0.2, 0.25) is 0 Å². The van der Waals surface area contributed by atoms with Crippen LogP contribution in [0.4, 0.5) is 5.82 Å². The van der Waals surface area contributed by atoms with Gasteiger partial charge in [0, 0.05) is 11.8 Å². The minimum atomic E-state index is 0.729. The lowest BCUT2D eigenvalue weighted by Gasteiger charge is -1.99. The molecule has 0 aromatic carbocycles. The molecule has 3 nitrogen and oxygen atoms in total. The molecule has 0 spiro atoms. The molecule has 1 aromatic heterocycles. The number of rotatable bonds is 2. The Morgan fingerprint density at radius 3 is 2.90 bits per heavy atom. The zero-order valence-corrected chi connectivity index (χ0v) is 5.91. The Kier molecular flexibility index (Phi) is 1.67. The summed E-state index contributed by atoms with van der Waals surface area (Å²) in [6.07, 6.45) is 1.67. The van der Waals surface area contributed by atoms with Crippen molar-refractivity contribution in [3.63, 3.8) is 0 Å². The lowest BCUT2D eigenvalue weighted by molar-refractivity contribution is 0.899. The molecule has 0 aliphatic heterocycles. The molecule has 0 amide bonds. The summed E-state index contributed by atoms with van der Waals surface area (Å²) >= 11 is 0. The largest absolute Gasteiger partial charge is 0.245 e. The highest BCUT2D eigenvalue weighted by molar-refractivity contribution is 5.49. The van der Waals surface area contributed by atoms with Gasteiger partial charge in [-0.15, -0.1) is 0 Å². The van der Waals surface area contributed by atoms with E-state index in [0.29, 0.717) is 0 Å². The van der Waals surface area contributed by atoms with Crippen LogP contribution in [0, 0.1) is 0 Å². The second-order valence-corrected chi connectivity index (χ2v) is 1.99. The van der Waals surface area contributed by atoms with Crippen molar-refractivity contribution < 1.29 is 0 Å². The fourth-order valence-corrected chi connectivity index (χ4v) is 0.710. The van der Waals surface area contributed by atoms with Crippen molar-refractivity contribution in [2.24, 2.45) is 4.99 Å². The lowest BCUT2D eigenvalue weighted by Crippen LogP contribution is -1.92. The molecule has 1 aromatic rings. The summed E-state index contributed by atoms with van der Waals surface area (Å²) in [6, 6.07) is 1.78. The van der Waals surface area contributed by atoms with E-state index < -0.39 is 0 Å². The zero-order chi connectivity index (χ0) is 7.56. The molecule has 0 atom stereocenters. The van der Waals surface area contributed by atoms with Gasteiger partial charge in [-0.05, 0) is 13.6 Å². The number of aromatic nitrogens is 2. The minimum Gasteiger partial charge on any atom is -0.245 e. The van der Waals surface area contributed by atoms with Crippen molar-refractivity contribution in [1.82, 2.24) is 9.78 Å². The maximum atomic E-state index is 3.97. The van der Waals surface area contributed by atoms with Crippen LogP contribution in [0.25, 0.3) is 5.70 Å². The predicted octanol–water partition coefficient (Wildman–Crippen LogP) is 1.71. The first kappa shape index (κ1) is 6.74. The quantitative estimate of drug-likeness (QED) is 0.568. The number of aliphatic imine (C=N–C) groups is 1. The Morgan fingerprint density at radius 1 is 1.80 bits per heavy atom. The second kappa shape index (κ2) is 2.47. The SMILES string of the molecule is C=Nc1ccnn1C(=C)C. The third-order valence-electron chi connectivity index (χ3n) is 1.15. The fraction of sp³-hybridized carbons (Fsp3) is 0.143. The molecule has 0 saturated heterocycles. The van der Waals surface area contributed by atoms with Crippen LogP contribution in [0.15, 0.2) is 23.8 Å². The van der Waals surface area contributed by atoms with Crippen LogP contribution >= 0.6 is 0 Å². The summed E-state index contributed by atoms with van der Waals surface area (Å²) in [7, 11) is 0. The van der Waals surface area contributed by atoms with Gasteiger partial charge in [0.1, 0.15) is 0 Å². The van der Waals surface area contributed by atoms with E-state index in [1.54, 1.807) is 16.9 Å². The number of allylic oxidation sites excluding steroid dienone is 1. The van der Waals surface area contributed by atoms with Gasteiger partial charge in [-0.3, -0.25) is 0 Å². The van der Waals surface area contributed by atoms with Gasteiger partial charge in [-0.2, -0.15) is 5.10 Å². The molecule has 3 heteroatoms. The molecule has 1 rings (SSSR count). The third-order valence-corrected chi connectivity index (χ3v) is 1.15. The first-order chi connectivity index (χ1) is 4.75. The highest BCUT2D eigenvalue weighted by Gasteiger charge is 1.97. The van der Waals surface area contributed by atoms with E-state index >= 15 is 0 Å². The molecular formula is C7H9N3. The standard InChI is InChI=1S/C7H9N3/c1-6(2)10-7(8-3)4-5-9-10/h4-5H,1,3H2,2H3. The van der Waals surface area contributed by atoms with Crippen LogP contribution in [-0.2, 0) is 0 Å². The molecule has 0 aliphatic carbocycles. The Balaban J connectivity index is 3.13. The van der Waals surface area contributed by atoms with Gasteiger partial charge in [-0.1, -0.05) is 6.58 Å². The van der Waals surface area contributed by atoms with E-state index in [1.807, 2.05) is 6.92 Å². The van der Waals surface area contributed by atoms with Gasteiger partial charge >= 0.3 is 0 Å². The average Bonchev–Trinajstić information content (AvgIpc) is 2.33. The predicted molar refractivity (Wildman–Crippen MR) is 42.4 cm³/mol. The van der Waals surface area contributed by atoms with E-state index in [1.165, 1.54) is 0 Å². The van der Waals surface area contributed by atoms with Gasteiger partial charge < -0.3 is 0 Å². The van der Waals surface area contributed by atoms with Crippen LogP contribution < -0.4 is 0 Å². The zero-order valence-electron chi connectivity index (χ0n) is 5.91. The molecule has 52 valence electrons. The highest BCUT2D eigenvalue weighted by Crippen LogP contribution is 2.12. The van der Waals surface area contributed by atoms with Crippen LogP contribution in [0.5, 0.6) is 0 Å². The number of nitrogens with zero attached hydrogens (tertiary/aromatic N) is 3. The molecular weight excluding hydrogens is 126 g/mol. The van der Waals surface area contributed by atoms with Crippen molar-refractivity contribution >= 4 is 18.2 Å². The van der Waals surface area contributed by atoms with Crippen LogP contribution in [-0.4, -0.2) is 16.5 Å². The molecule has 0 bridgehead atoms. The van der Waals surface area contributed by atoms with E-state index in [4.69, 9.17) is 0 Å². The molecule has 0 N–H and O–H groups in total. The lowest BCUT2D eigenvalue weighted by atomic mass is 10.5. The maximum Gasteiger partial charge on any atom is 0.154 e. The summed E-state index contributed by atoms with van der Waals surface area (Å²) < 4.78 is 1.63. The molecule has 1 heterocycles. The first-order valence-electron chi connectivity index (χ1n) is 2.92. The van der Waals surface area contributed by atoms with Gasteiger partial charge in [0.15, 0.2) is 5.82 Å². The molecule has 10 heavy (non-hydrogen) atoms. The topological polar surface area (TPSA) is 30.2 Å². The van der Waals surface area contributed by atoms with Crippen LogP contribution in [0.1, 0.15) is 6.92 Å². The maximum absolute atomic E-state index is 3.97. The van der Waals surface area contributed by atoms with Gasteiger partial charge in [0.25, 0.3) is 0 Å². The third kappa shape index (κ3) is 0.978. The summed E-state index contributed by atoms with van der Waals surface area (Å²) in [6.45, 7) is 8.98. The molecule has 0 aliphatic rings. The van der Waals surface area contributed by atoms with E-state index in [9.17, 15) is 0 Å². The van der Waals surface area contributed by atoms with E-state index in [0.717, 1.165) is 11.5 Å². The van der Waals surface area contributed by atoms with Crippen molar-refractivity contribution in [2.75, 3.05) is 0 Å². The fourth-order valence-electron chi connectivity index (χ4n) is 0.710. The Morgan fingerprint density at radius 2 is 2.50 bits per heavy atom. The summed E-state index contributed by atoms with van der Waals surface area (Å²) in [4.78, 5) is 3.74. The van der Waals surface area contributed by atoms with Gasteiger partial charge in [0.2, 0.25) is 0 Å². The molecule has 0 radical (unpaired) electrons. The van der Waals surface area contributed by atoms with E-state index in [-0.39, 0.29) is 0 Å². The van der Waals surface area contributed by atoms with Crippen molar-refractivity contribution in [3.05, 3.63) is 18.8 Å². The Bertz CT molecular complexity index is 260. The summed E-state index contributed by atoms with van der Waals surface area (Å²) in [5.41, 5.74) is 0.840. The number of hydrogen-bond donors (Lipinski definition) is 0. The minimum absolute atomic E-state index is 0.729. The van der Waals surface area contributed by atoms with Crippen LogP contribution in [0.3, 0.4) is 0 Å². The summed E-state index contributed by atoms with van der Waals surface area (Å²) in [5, 5.41) is 3.97. The van der Waals surface area contributed by atoms with E-state index in [2.05, 4.69) is 23.4 Å². The smallest absolute Gasteiger partial charge is 0.154 e. The van der Waals surface area contributed by atoms with Crippen molar-refractivity contribution in [1.29, 1.82) is 0 Å². The monoisotopic (exact) mass is 135 g/mol. The van der Waals surface area contributed by atoms with Gasteiger partial charge in [-0.25, -0.2) is 9.67 Å². The first-order valence-corrected chi connectivity index (χ1v) is 2.92. The summed E-state index contributed by atoms with van der Waals surface area (Å²) in [5.74, 6) is 0.729. The molecule has 0 unspecified atom stereocenters. The van der Waals surface area contributed by atoms with Gasteiger partial charge in [0.05, 0.1) is 6.20 Å². The highest BCUT2D eigenvalue weighted by atomic mass is 15.3. The molecule has 0 saturated carbocycles. The second-order valence-electron chi connectivity index (χ2n) is 1.99.